The van der Waals surface area contributed by atoms with Gasteiger partial charge in [-0.1, -0.05) is 38.0 Å². The minimum absolute atomic E-state index is 0.361. The lowest BCUT2D eigenvalue weighted by Gasteiger charge is -2.12. The molecule has 0 aliphatic heterocycles. The molecular weight excluding hydrogens is 318 g/mol. The lowest BCUT2D eigenvalue weighted by molar-refractivity contribution is 0.286. The molecule has 2 aromatic carbocycles. The van der Waals surface area contributed by atoms with E-state index in [0.717, 1.165) is 36.1 Å². The number of benzene rings is 2. The zero-order chi connectivity index (χ0) is 17.6. The Morgan fingerprint density at radius 3 is 2.72 bits per heavy atom. The van der Waals surface area contributed by atoms with E-state index >= 15 is 0 Å². The summed E-state index contributed by atoms with van der Waals surface area (Å²) in [5.74, 6) is 1.04. The standard InChI is InChI=1S/C20H23NO4/c1-3-4-7-12-24-18-11-10-15(13-19(18)23-2)14-21-16-8-5-6-9-17(16)25-20(21)22/h5-6,8-11,13H,3-4,7,12,14H2,1-2H3. The van der Waals surface area contributed by atoms with Gasteiger partial charge >= 0.3 is 5.76 Å². The number of unbranched alkanes of at least 4 members (excludes halogenated alkanes) is 2. The lowest BCUT2D eigenvalue weighted by atomic mass is 10.2. The monoisotopic (exact) mass is 341 g/mol. The van der Waals surface area contributed by atoms with E-state index < -0.39 is 0 Å². The molecule has 0 bridgehead atoms. The Hall–Kier alpha value is -2.69. The summed E-state index contributed by atoms with van der Waals surface area (Å²) in [5.41, 5.74) is 2.33. The van der Waals surface area contributed by atoms with E-state index in [-0.39, 0.29) is 5.76 Å². The maximum Gasteiger partial charge on any atom is 0.420 e. The number of rotatable bonds is 8. The summed E-state index contributed by atoms with van der Waals surface area (Å²) in [7, 11) is 1.62. The Labute approximate surface area is 146 Å². The van der Waals surface area contributed by atoms with Gasteiger partial charge in [-0.15, -0.1) is 0 Å². The molecule has 0 aliphatic rings. The highest BCUT2D eigenvalue weighted by molar-refractivity contribution is 5.72. The highest BCUT2D eigenvalue weighted by Crippen LogP contribution is 2.29. The molecule has 0 aliphatic carbocycles. The highest BCUT2D eigenvalue weighted by Gasteiger charge is 2.11. The number of para-hydroxylation sites is 2. The van der Waals surface area contributed by atoms with Crippen molar-refractivity contribution in [1.82, 2.24) is 4.57 Å². The van der Waals surface area contributed by atoms with Crippen LogP contribution in [0.4, 0.5) is 0 Å². The van der Waals surface area contributed by atoms with Crippen molar-refractivity contribution < 1.29 is 13.9 Å². The van der Waals surface area contributed by atoms with Gasteiger partial charge in [0.25, 0.3) is 0 Å². The van der Waals surface area contributed by atoms with Crippen molar-refractivity contribution in [3.05, 3.63) is 58.6 Å². The first-order valence-electron chi connectivity index (χ1n) is 8.61. The van der Waals surface area contributed by atoms with Crippen molar-refractivity contribution >= 4 is 11.1 Å². The number of ether oxygens (including phenoxy) is 2. The van der Waals surface area contributed by atoms with Crippen LogP contribution in [0.3, 0.4) is 0 Å². The molecule has 25 heavy (non-hydrogen) atoms. The number of oxazole rings is 1. The van der Waals surface area contributed by atoms with Crippen molar-refractivity contribution in [2.75, 3.05) is 13.7 Å². The fourth-order valence-corrected chi connectivity index (χ4v) is 2.81. The molecule has 5 heteroatoms. The molecule has 1 aromatic heterocycles. The Kier molecular flexibility index (Phi) is 5.43. The second kappa shape index (κ2) is 7.92. The number of hydrogen-bond acceptors (Lipinski definition) is 4. The summed E-state index contributed by atoms with van der Waals surface area (Å²) in [6.07, 6.45) is 3.33. The summed E-state index contributed by atoms with van der Waals surface area (Å²) in [4.78, 5) is 12.1. The zero-order valence-electron chi connectivity index (χ0n) is 14.7. The number of nitrogens with zero attached hydrogens (tertiary/aromatic N) is 1. The zero-order valence-corrected chi connectivity index (χ0v) is 14.7. The van der Waals surface area contributed by atoms with Gasteiger partial charge in [-0.3, -0.25) is 4.57 Å². The van der Waals surface area contributed by atoms with Crippen molar-refractivity contribution in [3.8, 4) is 11.5 Å². The molecule has 1 heterocycles. The normalized spacial score (nSPS) is 11.0. The first kappa shape index (κ1) is 17.1. The topological polar surface area (TPSA) is 53.6 Å². The fraction of sp³-hybridized carbons (Fsp3) is 0.350. The van der Waals surface area contributed by atoms with E-state index in [2.05, 4.69) is 6.92 Å². The van der Waals surface area contributed by atoms with Crippen molar-refractivity contribution in [2.45, 2.75) is 32.7 Å². The summed E-state index contributed by atoms with van der Waals surface area (Å²) in [6.45, 7) is 3.26. The molecule has 3 rings (SSSR count). The maximum atomic E-state index is 12.1. The smallest absolute Gasteiger partial charge is 0.420 e. The Morgan fingerprint density at radius 1 is 1.08 bits per heavy atom. The van der Waals surface area contributed by atoms with Gasteiger partial charge in [-0.05, 0) is 36.2 Å². The number of methoxy groups -OCH3 is 1. The van der Waals surface area contributed by atoms with Gasteiger partial charge < -0.3 is 13.9 Å². The molecule has 0 unspecified atom stereocenters. The molecular formula is C20H23NO4. The molecule has 0 atom stereocenters. The Morgan fingerprint density at radius 2 is 1.92 bits per heavy atom. The third kappa shape index (κ3) is 3.87. The average molecular weight is 341 g/mol. The maximum absolute atomic E-state index is 12.1. The van der Waals surface area contributed by atoms with E-state index in [4.69, 9.17) is 13.9 Å². The number of hydrogen-bond donors (Lipinski definition) is 0. The van der Waals surface area contributed by atoms with Gasteiger partial charge in [0.1, 0.15) is 0 Å². The van der Waals surface area contributed by atoms with Gasteiger partial charge in [-0.25, -0.2) is 4.79 Å². The van der Waals surface area contributed by atoms with E-state index in [1.54, 1.807) is 17.7 Å². The van der Waals surface area contributed by atoms with Crippen LogP contribution in [0.2, 0.25) is 0 Å². The van der Waals surface area contributed by atoms with Gasteiger partial charge in [0.2, 0.25) is 0 Å². The van der Waals surface area contributed by atoms with E-state index in [1.807, 2.05) is 36.4 Å². The highest BCUT2D eigenvalue weighted by atomic mass is 16.5. The minimum Gasteiger partial charge on any atom is -0.493 e. The Balaban J connectivity index is 1.80. The van der Waals surface area contributed by atoms with E-state index in [0.29, 0.717) is 24.5 Å². The molecule has 0 saturated heterocycles. The van der Waals surface area contributed by atoms with Crippen LogP contribution >= 0.6 is 0 Å². The minimum atomic E-state index is -0.361. The van der Waals surface area contributed by atoms with Crippen molar-refractivity contribution in [2.24, 2.45) is 0 Å². The van der Waals surface area contributed by atoms with Crippen LogP contribution in [0, 0.1) is 0 Å². The predicted molar refractivity (Wildman–Crippen MR) is 97.6 cm³/mol. The largest absolute Gasteiger partial charge is 0.493 e. The summed E-state index contributed by atoms with van der Waals surface area (Å²) < 4.78 is 18.1. The second-order valence-electron chi connectivity index (χ2n) is 5.96. The molecule has 0 amide bonds. The number of aromatic nitrogens is 1. The van der Waals surface area contributed by atoms with Gasteiger partial charge in [-0.2, -0.15) is 0 Å². The first-order chi connectivity index (χ1) is 12.2. The van der Waals surface area contributed by atoms with Crippen LogP contribution in [-0.2, 0) is 6.54 Å². The second-order valence-corrected chi connectivity index (χ2v) is 5.96. The lowest BCUT2D eigenvalue weighted by Crippen LogP contribution is -2.14. The molecule has 132 valence electrons. The van der Waals surface area contributed by atoms with Crippen molar-refractivity contribution in [1.29, 1.82) is 0 Å². The SMILES string of the molecule is CCCCCOc1ccc(Cn2c(=O)oc3ccccc32)cc1OC. The van der Waals surface area contributed by atoms with Crippen LogP contribution < -0.4 is 15.2 Å². The first-order valence-corrected chi connectivity index (χ1v) is 8.61. The molecule has 5 nitrogen and oxygen atoms in total. The molecule has 0 spiro atoms. The van der Waals surface area contributed by atoms with E-state index in [1.165, 1.54) is 0 Å². The van der Waals surface area contributed by atoms with Crippen LogP contribution in [0.5, 0.6) is 11.5 Å². The Bertz CT molecular complexity index is 894. The fourth-order valence-electron chi connectivity index (χ4n) is 2.81. The summed E-state index contributed by atoms with van der Waals surface area (Å²) >= 11 is 0. The van der Waals surface area contributed by atoms with Gasteiger partial charge in [0, 0.05) is 0 Å². The predicted octanol–water partition coefficient (Wildman–Crippen LogP) is 4.22. The molecule has 3 aromatic rings. The van der Waals surface area contributed by atoms with Crippen molar-refractivity contribution in [3.63, 3.8) is 0 Å². The number of fused-ring (bicyclic) bond motifs is 1. The van der Waals surface area contributed by atoms with Crippen LogP contribution in [0.1, 0.15) is 31.7 Å². The quantitative estimate of drug-likeness (QED) is 0.576. The van der Waals surface area contributed by atoms with Crippen LogP contribution in [-0.4, -0.2) is 18.3 Å². The average Bonchev–Trinajstić information content (AvgIpc) is 2.95. The van der Waals surface area contributed by atoms with Crippen LogP contribution in [0.25, 0.3) is 11.1 Å². The van der Waals surface area contributed by atoms with Gasteiger partial charge in [0.15, 0.2) is 17.1 Å². The van der Waals surface area contributed by atoms with Gasteiger partial charge in [0.05, 0.1) is 25.8 Å². The third-order valence-electron chi connectivity index (χ3n) is 4.15. The summed E-state index contributed by atoms with van der Waals surface area (Å²) in [6, 6.07) is 13.2. The summed E-state index contributed by atoms with van der Waals surface area (Å²) in [5, 5.41) is 0. The van der Waals surface area contributed by atoms with E-state index in [9.17, 15) is 4.79 Å². The van der Waals surface area contributed by atoms with Crippen LogP contribution in [0.15, 0.2) is 51.7 Å². The third-order valence-corrected chi connectivity index (χ3v) is 4.15. The molecule has 0 saturated carbocycles. The molecule has 0 radical (unpaired) electrons. The molecule has 0 N–H and O–H groups in total. The molecule has 0 fully saturated rings.